The third kappa shape index (κ3) is 1.38. The molecular weight excluding hydrogens is 248 g/mol. The van der Waals surface area contributed by atoms with Gasteiger partial charge >= 0.3 is 0 Å². The highest BCUT2D eigenvalue weighted by molar-refractivity contribution is 9.10. The maximum atomic E-state index is 11.2. The van der Waals surface area contributed by atoms with E-state index in [1.165, 1.54) is 0 Å². The van der Waals surface area contributed by atoms with Gasteiger partial charge in [0.2, 0.25) is 0 Å². The number of halogens is 1. The van der Waals surface area contributed by atoms with Crippen molar-refractivity contribution in [2.24, 2.45) is 5.84 Å². The molecule has 2 aromatic rings. The average molecular weight is 255 g/mol. The van der Waals surface area contributed by atoms with Crippen LogP contribution in [0.25, 0.3) is 5.65 Å². The summed E-state index contributed by atoms with van der Waals surface area (Å²) in [6.07, 6.45) is 5.08. The van der Waals surface area contributed by atoms with Crippen LogP contribution in [0.3, 0.4) is 0 Å². The summed E-state index contributed by atoms with van der Waals surface area (Å²) in [4.78, 5) is 15.3. The van der Waals surface area contributed by atoms with Crippen LogP contribution in [0.4, 0.5) is 0 Å². The highest BCUT2D eigenvalue weighted by Gasteiger charge is 2.08. The lowest BCUT2D eigenvalue weighted by molar-refractivity contribution is 0.0953. The molecule has 0 fully saturated rings. The SMILES string of the molecule is NNC(=O)c1cc(Br)c2nccn2c1. The Bertz CT molecular complexity index is 493. The summed E-state index contributed by atoms with van der Waals surface area (Å²) in [5.74, 6) is 4.70. The zero-order valence-electron chi connectivity index (χ0n) is 7.07. The Morgan fingerprint density at radius 2 is 2.43 bits per heavy atom. The molecule has 0 saturated heterocycles. The van der Waals surface area contributed by atoms with Crippen molar-refractivity contribution in [3.05, 3.63) is 34.7 Å². The molecule has 0 aliphatic rings. The molecule has 3 N–H and O–H groups in total. The Balaban J connectivity index is 2.64. The fourth-order valence-corrected chi connectivity index (χ4v) is 1.75. The Kier molecular flexibility index (Phi) is 2.22. The van der Waals surface area contributed by atoms with E-state index in [1.807, 2.05) is 0 Å². The summed E-state index contributed by atoms with van der Waals surface area (Å²) in [5, 5.41) is 0. The number of hydrogen-bond donors (Lipinski definition) is 2. The van der Waals surface area contributed by atoms with Crippen LogP contribution in [-0.4, -0.2) is 15.3 Å². The van der Waals surface area contributed by atoms with Crippen molar-refractivity contribution in [2.45, 2.75) is 0 Å². The summed E-state index contributed by atoms with van der Waals surface area (Å²) < 4.78 is 2.50. The molecule has 0 saturated carbocycles. The van der Waals surface area contributed by atoms with Gasteiger partial charge in [0, 0.05) is 18.6 Å². The van der Waals surface area contributed by atoms with Crippen molar-refractivity contribution >= 4 is 27.5 Å². The lowest BCUT2D eigenvalue weighted by Crippen LogP contribution is -2.30. The Hall–Kier alpha value is -1.40. The fourth-order valence-electron chi connectivity index (χ4n) is 1.20. The number of carbonyl (C=O) groups excluding carboxylic acids is 1. The standard InChI is InChI=1S/C8H7BrN4O/c9-6-3-5(8(14)12-10)4-13-2-1-11-7(6)13/h1-4H,10H2,(H,12,14). The Morgan fingerprint density at radius 1 is 1.64 bits per heavy atom. The van der Waals surface area contributed by atoms with Crippen LogP contribution in [0.15, 0.2) is 29.1 Å². The van der Waals surface area contributed by atoms with E-state index in [-0.39, 0.29) is 5.91 Å². The number of amides is 1. The van der Waals surface area contributed by atoms with Crippen molar-refractivity contribution in [2.75, 3.05) is 0 Å². The Morgan fingerprint density at radius 3 is 3.14 bits per heavy atom. The summed E-state index contributed by atoms with van der Waals surface area (Å²) in [7, 11) is 0. The van der Waals surface area contributed by atoms with Crippen LogP contribution in [0.2, 0.25) is 0 Å². The van der Waals surface area contributed by atoms with Crippen LogP contribution < -0.4 is 11.3 Å². The fraction of sp³-hybridized carbons (Fsp3) is 0. The van der Waals surface area contributed by atoms with Crippen molar-refractivity contribution in [1.29, 1.82) is 0 Å². The number of nitrogens with one attached hydrogen (secondary N) is 1. The minimum atomic E-state index is -0.332. The molecule has 5 nitrogen and oxygen atoms in total. The second-order valence-corrected chi connectivity index (χ2v) is 3.56. The number of nitrogens with zero attached hydrogens (tertiary/aromatic N) is 2. The highest BCUT2D eigenvalue weighted by atomic mass is 79.9. The van der Waals surface area contributed by atoms with Gasteiger partial charge in [0.05, 0.1) is 10.0 Å². The zero-order valence-corrected chi connectivity index (χ0v) is 8.65. The van der Waals surface area contributed by atoms with Crippen LogP contribution in [0.1, 0.15) is 10.4 Å². The molecule has 0 unspecified atom stereocenters. The minimum Gasteiger partial charge on any atom is -0.305 e. The number of carbonyl (C=O) groups is 1. The van der Waals surface area contributed by atoms with E-state index < -0.39 is 0 Å². The number of hydrogen-bond acceptors (Lipinski definition) is 3. The van der Waals surface area contributed by atoms with Crippen molar-refractivity contribution in [1.82, 2.24) is 14.8 Å². The first kappa shape index (κ1) is 9.17. The van der Waals surface area contributed by atoms with Crippen molar-refractivity contribution < 1.29 is 4.79 Å². The number of rotatable bonds is 1. The number of nitrogens with two attached hydrogens (primary N) is 1. The summed E-state index contributed by atoms with van der Waals surface area (Å²) in [6, 6.07) is 1.67. The molecule has 0 aliphatic carbocycles. The molecule has 0 aliphatic heterocycles. The summed E-state index contributed by atoms with van der Waals surface area (Å²) in [6.45, 7) is 0. The predicted molar refractivity (Wildman–Crippen MR) is 54.5 cm³/mol. The van der Waals surface area contributed by atoms with Gasteiger partial charge in [-0.2, -0.15) is 0 Å². The van der Waals surface area contributed by atoms with E-state index in [0.29, 0.717) is 5.56 Å². The van der Waals surface area contributed by atoms with Crippen LogP contribution in [-0.2, 0) is 0 Å². The molecule has 1 amide bonds. The predicted octanol–water partition coefficient (Wildman–Crippen LogP) is 0.700. The molecule has 6 heteroatoms. The number of aromatic nitrogens is 2. The number of hydrazine groups is 1. The topological polar surface area (TPSA) is 72.4 Å². The number of pyridine rings is 1. The van der Waals surface area contributed by atoms with Gasteiger partial charge in [0.15, 0.2) is 5.65 Å². The number of nitrogen functional groups attached to an aromatic ring is 1. The lowest BCUT2D eigenvalue weighted by Gasteiger charge is -2.02. The van der Waals surface area contributed by atoms with Crippen molar-refractivity contribution in [3.63, 3.8) is 0 Å². The normalized spacial score (nSPS) is 10.4. The van der Waals surface area contributed by atoms with E-state index in [9.17, 15) is 4.79 Å². The zero-order chi connectivity index (χ0) is 10.1. The van der Waals surface area contributed by atoms with Gasteiger partial charge in [-0.3, -0.25) is 10.2 Å². The number of imidazole rings is 1. The highest BCUT2D eigenvalue weighted by Crippen LogP contribution is 2.18. The lowest BCUT2D eigenvalue weighted by atomic mass is 10.3. The van der Waals surface area contributed by atoms with E-state index in [1.54, 1.807) is 29.1 Å². The first-order valence-corrected chi connectivity index (χ1v) is 4.65. The van der Waals surface area contributed by atoms with E-state index in [0.717, 1.165) is 10.1 Å². The third-order valence-corrected chi connectivity index (χ3v) is 2.42. The monoisotopic (exact) mass is 254 g/mol. The largest absolute Gasteiger partial charge is 0.305 e. The quantitative estimate of drug-likeness (QED) is 0.447. The molecule has 0 atom stereocenters. The van der Waals surface area contributed by atoms with Crippen molar-refractivity contribution in [3.8, 4) is 0 Å². The van der Waals surface area contributed by atoms with E-state index in [4.69, 9.17) is 5.84 Å². The van der Waals surface area contributed by atoms with Gasteiger partial charge in [0.1, 0.15) is 0 Å². The number of fused-ring (bicyclic) bond motifs is 1. The first-order valence-electron chi connectivity index (χ1n) is 3.85. The Labute approximate surface area is 88.0 Å². The molecule has 14 heavy (non-hydrogen) atoms. The molecule has 2 aromatic heterocycles. The molecule has 2 rings (SSSR count). The molecule has 0 aromatic carbocycles. The smallest absolute Gasteiger partial charge is 0.266 e. The van der Waals surface area contributed by atoms with Gasteiger partial charge in [-0.15, -0.1) is 0 Å². The molecule has 0 bridgehead atoms. The molecular formula is C8H7BrN4O. The van der Waals surface area contributed by atoms with Gasteiger partial charge < -0.3 is 4.40 Å². The summed E-state index contributed by atoms with van der Waals surface area (Å²) in [5.41, 5.74) is 3.31. The molecule has 0 spiro atoms. The molecule has 72 valence electrons. The molecule has 0 radical (unpaired) electrons. The second kappa shape index (κ2) is 3.39. The minimum absolute atomic E-state index is 0.332. The van der Waals surface area contributed by atoms with Gasteiger partial charge in [-0.25, -0.2) is 10.8 Å². The van der Waals surface area contributed by atoms with Gasteiger partial charge in [-0.1, -0.05) is 0 Å². The third-order valence-electron chi connectivity index (χ3n) is 1.84. The van der Waals surface area contributed by atoms with Crippen LogP contribution >= 0.6 is 15.9 Å². The maximum absolute atomic E-state index is 11.2. The average Bonchev–Trinajstić information content (AvgIpc) is 2.64. The second-order valence-electron chi connectivity index (χ2n) is 2.71. The molecule has 2 heterocycles. The van der Waals surface area contributed by atoms with Gasteiger partial charge in [-0.05, 0) is 22.0 Å². The van der Waals surface area contributed by atoms with E-state index in [2.05, 4.69) is 26.3 Å². The van der Waals surface area contributed by atoms with E-state index >= 15 is 0 Å². The van der Waals surface area contributed by atoms with Gasteiger partial charge in [0.25, 0.3) is 5.91 Å². The first-order chi connectivity index (χ1) is 6.72. The van der Waals surface area contributed by atoms with Crippen LogP contribution in [0.5, 0.6) is 0 Å². The maximum Gasteiger partial charge on any atom is 0.266 e. The van der Waals surface area contributed by atoms with Crippen LogP contribution in [0, 0.1) is 0 Å². The summed E-state index contributed by atoms with van der Waals surface area (Å²) >= 11 is 3.32.